The molecule has 2 fully saturated rings. The van der Waals surface area contributed by atoms with Crippen molar-refractivity contribution in [2.45, 2.75) is 84.0 Å². The van der Waals surface area contributed by atoms with Gasteiger partial charge in [0.25, 0.3) is 0 Å². The third kappa shape index (κ3) is 8.32. The number of aliphatic imine (C=N–C) groups is 1. The molecule has 4 atom stereocenters. The first-order chi connectivity index (χ1) is 27.9. The molecule has 58 heavy (non-hydrogen) atoms. The van der Waals surface area contributed by atoms with Crippen LogP contribution in [0.2, 0.25) is 0 Å². The van der Waals surface area contributed by atoms with Gasteiger partial charge in [0.15, 0.2) is 0 Å². The molecule has 304 valence electrons. The SMILES string of the molecule is COC(=O)N[C@H](C(=O)N1CCC[C@H]1C1=NC=C(c2ccc(-c3ccc4cc(-c5cnc([C@@H]6CCCN6C(=O)[C@@H](NC(=O)OC)C(C)C)[nH]5)ncc4c3)cc2)C1)C(C)C. The number of allylic oxidation sites excluding steroid dienone is 1. The zero-order chi connectivity index (χ0) is 41.1. The molecular weight excluding hydrogens is 737 g/mol. The van der Waals surface area contributed by atoms with E-state index in [1.165, 1.54) is 14.2 Å². The summed E-state index contributed by atoms with van der Waals surface area (Å²) in [4.78, 5) is 72.4. The third-order valence-electron chi connectivity index (χ3n) is 11.5. The van der Waals surface area contributed by atoms with Crippen LogP contribution in [0.15, 0.2) is 72.1 Å². The fourth-order valence-electron chi connectivity index (χ4n) is 8.26. The van der Waals surface area contributed by atoms with Crippen LogP contribution in [0.3, 0.4) is 0 Å². The number of amides is 4. The Labute approximate surface area is 338 Å². The van der Waals surface area contributed by atoms with Crippen LogP contribution in [0, 0.1) is 11.8 Å². The molecule has 0 saturated carbocycles. The molecule has 3 N–H and O–H groups in total. The average molecular weight is 789 g/mol. The lowest BCUT2D eigenvalue weighted by atomic mass is 9.95. The summed E-state index contributed by atoms with van der Waals surface area (Å²) in [5.74, 6) is 0.241. The van der Waals surface area contributed by atoms with E-state index in [0.717, 1.165) is 75.8 Å². The topological polar surface area (TPSA) is 171 Å². The van der Waals surface area contributed by atoms with E-state index >= 15 is 0 Å². The van der Waals surface area contributed by atoms with Gasteiger partial charge in [0.1, 0.15) is 17.9 Å². The summed E-state index contributed by atoms with van der Waals surface area (Å²) in [6, 6.07) is 15.1. The molecule has 3 aliphatic rings. The van der Waals surface area contributed by atoms with E-state index in [2.05, 4.69) is 63.1 Å². The molecule has 7 rings (SSSR count). The Morgan fingerprint density at radius 2 is 1.31 bits per heavy atom. The smallest absolute Gasteiger partial charge is 0.407 e. The molecule has 0 unspecified atom stereocenters. The van der Waals surface area contributed by atoms with E-state index in [1.54, 1.807) is 11.1 Å². The van der Waals surface area contributed by atoms with E-state index < -0.39 is 24.3 Å². The number of carbonyl (C=O) groups is 4. The number of carbonyl (C=O) groups excluding carboxylic acids is 4. The van der Waals surface area contributed by atoms with Crippen LogP contribution in [0.1, 0.15) is 77.2 Å². The number of pyridine rings is 1. The number of imidazole rings is 1. The van der Waals surface area contributed by atoms with Crippen molar-refractivity contribution in [3.63, 3.8) is 0 Å². The van der Waals surface area contributed by atoms with E-state index in [1.807, 2.05) is 51.1 Å². The Hall–Kier alpha value is -6.05. The van der Waals surface area contributed by atoms with Crippen molar-refractivity contribution in [3.8, 4) is 22.5 Å². The number of hydrogen-bond acceptors (Lipinski definition) is 9. The number of methoxy groups -OCH3 is 2. The molecule has 2 aromatic heterocycles. The first kappa shape index (κ1) is 40.2. The number of alkyl carbamates (subject to hydrolysis) is 2. The molecule has 4 aromatic rings. The Morgan fingerprint density at radius 3 is 1.93 bits per heavy atom. The van der Waals surface area contributed by atoms with E-state index in [4.69, 9.17) is 19.5 Å². The molecule has 14 heteroatoms. The maximum atomic E-state index is 13.6. The molecule has 4 amide bonds. The van der Waals surface area contributed by atoms with Crippen LogP contribution in [-0.2, 0) is 19.1 Å². The number of aromatic nitrogens is 3. The summed E-state index contributed by atoms with van der Waals surface area (Å²) in [6.45, 7) is 8.84. The minimum Gasteiger partial charge on any atom is -0.453 e. The van der Waals surface area contributed by atoms with Gasteiger partial charge >= 0.3 is 12.2 Å². The largest absolute Gasteiger partial charge is 0.453 e. The highest BCUT2D eigenvalue weighted by Gasteiger charge is 2.39. The van der Waals surface area contributed by atoms with Crippen LogP contribution in [0.5, 0.6) is 0 Å². The molecular formula is C44H52N8O6. The molecule has 2 aromatic carbocycles. The Morgan fingerprint density at radius 1 is 0.724 bits per heavy atom. The normalized spacial score (nSPS) is 19.0. The maximum Gasteiger partial charge on any atom is 0.407 e. The fourth-order valence-corrected chi connectivity index (χ4v) is 8.26. The number of rotatable bonds is 11. The molecule has 0 aliphatic carbocycles. The van der Waals surface area contributed by atoms with Gasteiger partial charge < -0.3 is 34.9 Å². The summed E-state index contributed by atoms with van der Waals surface area (Å²) in [5.41, 5.74) is 6.82. The van der Waals surface area contributed by atoms with Gasteiger partial charge in [-0.3, -0.25) is 19.6 Å². The number of nitrogens with zero attached hydrogens (tertiary/aromatic N) is 5. The molecule has 0 radical (unpaired) electrons. The highest BCUT2D eigenvalue weighted by Crippen LogP contribution is 2.35. The van der Waals surface area contributed by atoms with Crippen molar-refractivity contribution in [1.29, 1.82) is 0 Å². The standard InChI is InChI=1S/C44H52N8O6/c1-25(2)38(49-43(55)57-5)41(53)51-17-7-9-36(51)34-21-32(23-46-34)28-13-11-27(12-14-28)29-15-16-30-20-33(45-22-31(30)19-29)35-24-47-40(48-35)37-10-8-18-52(37)42(54)39(26(3)4)50-44(56)58-6/h11-16,19-20,22-26,36-39H,7-10,17-18,21H2,1-6H3,(H,47,48)(H,49,55)(H,50,56)/t36-,37-,38-,39-/m0/s1. The second-order valence-electron chi connectivity index (χ2n) is 15.9. The van der Waals surface area contributed by atoms with Gasteiger partial charge in [-0.2, -0.15) is 0 Å². The van der Waals surface area contributed by atoms with E-state index in [9.17, 15) is 19.2 Å². The van der Waals surface area contributed by atoms with Gasteiger partial charge in [0, 0.05) is 43.0 Å². The van der Waals surface area contributed by atoms with E-state index in [-0.39, 0.29) is 35.7 Å². The second kappa shape index (κ2) is 17.2. The van der Waals surface area contributed by atoms with Crippen molar-refractivity contribution >= 4 is 46.1 Å². The van der Waals surface area contributed by atoms with Crippen molar-refractivity contribution in [3.05, 3.63) is 78.5 Å². The number of ether oxygens (including phenoxy) is 2. The lowest BCUT2D eigenvalue weighted by molar-refractivity contribution is -0.135. The summed E-state index contributed by atoms with van der Waals surface area (Å²) in [7, 11) is 2.59. The van der Waals surface area contributed by atoms with Crippen LogP contribution < -0.4 is 10.6 Å². The summed E-state index contributed by atoms with van der Waals surface area (Å²) in [5, 5.41) is 7.45. The number of fused-ring (bicyclic) bond motifs is 1. The minimum absolute atomic E-state index is 0.0871. The minimum atomic E-state index is -0.698. The zero-order valence-electron chi connectivity index (χ0n) is 34.0. The maximum absolute atomic E-state index is 13.6. The average Bonchev–Trinajstić information content (AvgIpc) is 4.07. The fraction of sp³-hybridized carbons (Fsp3) is 0.432. The van der Waals surface area contributed by atoms with Crippen LogP contribution in [0.25, 0.3) is 38.9 Å². The molecule has 5 heterocycles. The number of benzene rings is 2. The Balaban J connectivity index is 0.995. The van der Waals surface area contributed by atoms with Gasteiger partial charge in [0.2, 0.25) is 11.8 Å². The molecule has 3 aliphatic heterocycles. The number of likely N-dealkylation sites (tertiary alicyclic amines) is 2. The van der Waals surface area contributed by atoms with Crippen molar-refractivity contribution < 1.29 is 28.7 Å². The third-order valence-corrected chi connectivity index (χ3v) is 11.5. The van der Waals surface area contributed by atoms with E-state index in [0.29, 0.717) is 25.3 Å². The monoisotopic (exact) mass is 788 g/mol. The predicted octanol–water partition coefficient (Wildman–Crippen LogP) is 6.89. The Kier molecular flexibility index (Phi) is 11.9. The van der Waals surface area contributed by atoms with Gasteiger partial charge in [-0.05, 0) is 77.3 Å². The molecule has 0 bridgehead atoms. The Bertz CT molecular complexity index is 2250. The van der Waals surface area contributed by atoms with Crippen LogP contribution >= 0.6 is 0 Å². The van der Waals surface area contributed by atoms with Gasteiger partial charge in [-0.1, -0.05) is 64.1 Å². The summed E-state index contributed by atoms with van der Waals surface area (Å²) >= 11 is 0. The highest BCUT2D eigenvalue weighted by atomic mass is 16.5. The lowest BCUT2D eigenvalue weighted by Gasteiger charge is -2.31. The molecule has 0 spiro atoms. The quantitative estimate of drug-likeness (QED) is 0.147. The number of nitrogens with one attached hydrogen (secondary N) is 3. The predicted molar refractivity (Wildman–Crippen MR) is 222 cm³/mol. The molecule has 2 saturated heterocycles. The van der Waals surface area contributed by atoms with Crippen molar-refractivity contribution in [1.82, 2.24) is 35.4 Å². The second-order valence-corrected chi connectivity index (χ2v) is 15.9. The lowest BCUT2D eigenvalue weighted by Crippen LogP contribution is -2.53. The summed E-state index contributed by atoms with van der Waals surface area (Å²) in [6.07, 6.45) is 8.30. The highest BCUT2D eigenvalue weighted by molar-refractivity contribution is 6.04. The first-order valence-corrected chi connectivity index (χ1v) is 20.1. The zero-order valence-corrected chi connectivity index (χ0v) is 34.0. The number of aromatic amines is 1. The van der Waals surface area contributed by atoms with Crippen molar-refractivity contribution in [2.24, 2.45) is 16.8 Å². The molecule has 14 nitrogen and oxygen atoms in total. The van der Waals surface area contributed by atoms with Crippen LogP contribution in [0.4, 0.5) is 9.59 Å². The number of hydrogen-bond donors (Lipinski definition) is 3. The number of H-pyrrole nitrogens is 1. The summed E-state index contributed by atoms with van der Waals surface area (Å²) < 4.78 is 9.53. The van der Waals surface area contributed by atoms with Gasteiger partial charge in [0.05, 0.1) is 43.9 Å². The van der Waals surface area contributed by atoms with Crippen LogP contribution in [-0.4, -0.2) is 99.9 Å². The van der Waals surface area contributed by atoms with Crippen molar-refractivity contribution in [2.75, 3.05) is 27.3 Å². The first-order valence-electron chi connectivity index (χ1n) is 20.1. The van der Waals surface area contributed by atoms with Gasteiger partial charge in [-0.25, -0.2) is 14.6 Å². The van der Waals surface area contributed by atoms with Gasteiger partial charge in [-0.15, -0.1) is 0 Å².